The second-order valence-electron chi connectivity index (χ2n) is 4.96. The van der Waals surface area contributed by atoms with Crippen molar-refractivity contribution >= 4 is 21.6 Å². The van der Waals surface area contributed by atoms with Crippen molar-refractivity contribution in [3.8, 4) is 0 Å². The highest BCUT2D eigenvalue weighted by Gasteiger charge is 2.35. The summed E-state index contributed by atoms with van der Waals surface area (Å²) >= 11 is 5.80. The van der Waals surface area contributed by atoms with Gasteiger partial charge in [-0.3, -0.25) is 0 Å². The maximum Gasteiger partial charge on any atom is 0.243 e. The molecule has 0 spiro atoms. The molecule has 0 amide bonds. The fourth-order valence-corrected chi connectivity index (χ4v) is 4.03. The molecule has 0 N–H and O–H groups in total. The van der Waals surface area contributed by atoms with Gasteiger partial charge in [-0.05, 0) is 30.2 Å². The van der Waals surface area contributed by atoms with Crippen LogP contribution in [0.4, 0.5) is 0 Å². The molecular weight excluding hydrogens is 286 g/mol. The number of sulfonamides is 1. The van der Waals surface area contributed by atoms with Gasteiger partial charge in [-0.1, -0.05) is 25.4 Å². The Morgan fingerprint density at radius 2 is 1.95 bits per heavy atom. The Morgan fingerprint density at radius 1 is 1.32 bits per heavy atom. The van der Waals surface area contributed by atoms with Crippen molar-refractivity contribution in [2.45, 2.75) is 24.8 Å². The smallest absolute Gasteiger partial charge is 0.243 e. The average molecular weight is 304 g/mol. The van der Waals surface area contributed by atoms with Crippen LogP contribution in [0.3, 0.4) is 0 Å². The number of nitrogens with zero attached hydrogens (tertiary/aromatic N) is 1. The van der Waals surface area contributed by atoms with Gasteiger partial charge in [0.25, 0.3) is 0 Å². The lowest BCUT2D eigenvalue weighted by Crippen LogP contribution is -2.50. The molecule has 1 aromatic carbocycles. The van der Waals surface area contributed by atoms with E-state index in [1.54, 1.807) is 28.6 Å². The van der Waals surface area contributed by atoms with Crippen LogP contribution in [0.15, 0.2) is 29.2 Å². The zero-order valence-electron chi connectivity index (χ0n) is 11.0. The van der Waals surface area contributed by atoms with Gasteiger partial charge in [-0.2, -0.15) is 4.31 Å². The molecular formula is C13H18ClNO3S. The molecule has 1 fully saturated rings. The van der Waals surface area contributed by atoms with Crippen LogP contribution in [0.25, 0.3) is 0 Å². The third kappa shape index (κ3) is 3.11. The second kappa shape index (κ2) is 5.79. The lowest BCUT2D eigenvalue weighted by atomic mass is 10.1. The van der Waals surface area contributed by atoms with Crippen LogP contribution in [-0.4, -0.2) is 38.5 Å². The number of ether oxygens (including phenoxy) is 1. The Labute approximate surface area is 119 Å². The first-order chi connectivity index (χ1) is 8.93. The molecule has 0 saturated carbocycles. The maximum absolute atomic E-state index is 12.6. The van der Waals surface area contributed by atoms with E-state index in [0.717, 1.165) is 0 Å². The normalized spacial score (nSPS) is 21.8. The molecule has 0 aliphatic carbocycles. The van der Waals surface area contributed by atoms with Crippen molar-refractivity contribution < 1.29 is 13.2 Å². The summed E-state index contributed by atoms with van der Waals surface area (Å²) < 4.78 is 32.2. The third-order valence-electron chi connectivity index (χ3n) is 3.30. The highest BCUT2D eigenvalue weighted by molar-refractivity contribution is 7.89. The van der Waals surface area contributed by atoms with E-state index in [1.807, 2.05) is 13.8 Å². The number of hydrogen-bond donors (Lipinski definition) is 0. The van der Waals surface area contributed by atoms with Gasteiger partial charge in [0, 0.05) is 11.6 Å². The van der Waals surface area contributed by atoms with E-state index in [4.69, 9.17) is 16.3 Å². The van der Waals surface area contributed by atoms with Crippen LogP contribution < -0.4 is 0 Å². The predicted octanol–water partition coefficient (Wildman–Crippen LogP) is 2.39. The zero-order chi connectivity index (χ0) is 14.0. The Morgan fingerprint density at radius 3 is 2.53 bits per heavy atom. The fourth-order valence-electron chi connectivity index (χ4n) is 2.17. The largest absolute Gasteiger partial charge is 0.378 e. The second-order valence-corrected chi connectivity index (χ2v) is 7.28. The highest BCUT2D eigenvalue weighted by atomic mass is 35.5. The molecule has 106 valence electrons. The number of morpholine rings is 1. The highest BCUT2D eigenvalue weighted by Crippen LogP contribution is 2.25. The van der Waals surface area contributed by atoms with E-state index >= 15 is 0 Å². The number of rotatable bonds is 3. The summed E-state index contributed by atoms with van der Waals surface area (Å²) in [5.41, 5.74) is 0. The lowest BCUT2D eigenvalue weighted by Gasteiger charge is -2.36. The van der Waals surface area contributed by atoms with Crippen LogP contribution in [0.1, 0.15) is 13.8 Å². The van der Waals surface area contributed by atoms with Crippen molar-refractivity contribution in [2.75, 3.05) is 19.8 Å². The monoisotopic (exact) mass is 303 g/mol. The molecule has 1 aliphatic rings. The van der Waals surface area contributed by atoms with Crippen LogP contribution >= 0.6 is 11.6 Å². The Kier molecular flexibility index (Phi) is 4.50. The lowest BCUT2D eigenvalue weighted by molar-refractivity contribution is 0.0160. The van der Waals surface area contributed by atoms with Gasteiger partial charge in [0.05, 0.1) is 24.2 Å². The number of halogens is 1. The average Bonchev–Trinajstić information content (AvgIpc) is 2.39. The van der Waals surface area contributed by atoms with Gasteiger partial charge in [0.15, 0.2) is 0 Å². The van der Waals surface area contributed by atoms with Crippen molar-refractivity contribution in [1.29, 1.82) is 0 Å². The summed E-state index contributed by atoms with van der Waals surface area (Å²) in [7, 11) is -3.48. The van der Waals surface area contributed by atoms with Gasteiger partial charge >= 0.3 is 0 Å². The number of hydrogen-bond acceptors (Lipinski definition) is 3. The summed E-state index contributed by atoms with van der Waals surface area (Å²) in [6.45, 7) is 5.29. The van der Waals surface area contributed by atoms with E-state index in [1.165, 1.54) is 0 Å². The van der Waals surface area contributed by atoms with E-state index in [2.05, 4.69) is 0 Å². The minimum absolute atomic E-state index is 0.116. The molecule has 19 heavy (non-hydrogen) atoms. The zero-order valence-corrected chi connectivity index (χ0v) is 12.6. The van der Waals surface area contributed by atoms with Gasteiger partial charge in [0.1, 0.15) is 0 Å². The standard InChI is InChI=1S/C13H18ClNO3S/c1-10(2)13-9-18-8-7-15(13)19(16,17)12-5-3-11(14)4-6-12/h3-6,10,13H,7-9H2,1-2H3/t13-/m0/s1. The Bertz CT molecular complexity index is 527. The molecule has 1 aliphatic heterocycles. The van der Waals surface area contributed by atoms with Crippen LogP contribution in [0, 0.1) is 5.92 Å². The Hall–Kier alpha value is -0.620. The van der Waals surface area contributed by atoms with Gasteiger partial charge in [0.2, 0.25) is 10.0 Å². The van der Waals surface area contributed by atoms with Crippen molar-refractivity contribution in [3.05, 3.63) is 29.3 Å². The minimum Gasteiger partial charge on any atom is -0.378 e. The van der Waals surface area contributed by atoms with Gasteiger partial charge < -0.3 is 4.74 Å². The van der Waals surface area contributed by atoms with E-state index < -0.39 is 10.0 Å². The summed E-state index contributed by atoms with van der Waals surface area (Å²) in [4.78, 5) is 0.282. The molecule has 2 rings (SSSR count). The summed E-state index contributed by atoms with van der Waals surface area (Å²) in [5, 5.41) is 0.529. The first kappa shape index (κ1) is 14.8. The molecule has 1 heterocycles. The fraction of sp³-hybridized carbons (Fsp3) is 0.538. The predicted molar refractivity (Wildman–Crippen MR) is 74.8 cm³/mol. The van der Waals surface area contributed by atoms with Crippen molar-refractivity contribution in [1.82, 2.24) is 4.31 Å². The summed E-state index contributed by atoms with van der Waals surface area (Å²) in [6, 6.07) is 6.17. The molecule has 0 radical (unpaired) electrons. The molecule has 0 aromatic heterocycles. The molecule has 1 atom stereocenters. The van der Waals surface area contributed by atoms with Crippen molar-refractivity contribution in [3.63, 3.8) is 0 Å². The SMILES string of the molecule is CC(C)[C@@H]1COCCN1S(=O)(=O)c1ccc(Cl)cc1. The summed E-state index contributed by atoms with van der Waals surface area (Å²) in [5.74, 6) is 0.211. The van der Waals surface area contributed by atoms with E-state index in [9.17, 15) is 8.42 Å². The maximum atomic E-state index is 12.6. The molecule has 4 nitrogen and oxygen atoms in total. The van der Waals surface area contributed by atoms with E-state index in [-0.39, 0.29) is 16.9 Å². The molecule has 0 bridgehead atoms. The molecule has 1 saturated heterocycles. The minimum atomic E-state index is -3.48. The summed E-state index contributed by atoms with van der Waals surface area (Å²) in [6.07, 6.45) is 0. The van der Waals surface area contributed by atoms with Gasteiger partial charge in [-0.25, -0.2) is 8.42 Å². The molecule has 1 aromatic rings. The first-order valence-corrected chi connectivity index (χ1v) is 8.10. The Balaban J connectivity index is 2.34. The molecule has 6 heteroatoms. The van der Waals surface area contributed by atoms with E-state index in [0.29, 0.717) is 24.8 Å². The van der Waals surface area contributed by atoms with Crippen molar-refractivity contribution in [2.24, 2.45) is 5.92 Å². The quantitative estimate of drug-likeness (QED) is 0.861. The molecule has 0 unspecified atom stereocenters. The topological polar surface area (TPSA) is 46.6 Å². The van der Waals surface area contributed by atoms with Gasteiger partial charge in [-0.15, -0.1) is 0 Å². The van der Waals surface area contributed by atoms with Crippen LogP contribution in [-0.2, 0) is 14.8 Å². The van der Waals surface area contributed by atoms with Crippen LogP contribution in [0.5, 0.6) is 0 Å². The van der Waals surface area contributed by atoms with Crippen LogP contribution in [0.2, 0.25) is 5.02 Å². The third-order valence-corrected chi connectivity index (χ3v) is 5.49. The first-order valence-electron chi connectivity index (χ1n) is 6.28. The number of benzene rings is 1.